The van der Waals surface area contributed by atoms with E-state index in [0.29, 0.717) is 17.9 Å². The quantitative estimate of drug-likeness (QED) is 0.929. The van der Waals surface area contributed by atoms with E-state index in [4.69, 9.17) is 4.98 Å². The fourth-order valence-electron chi connectivity index (χ4n) is 3.14. The Morgan fingerprint density at radius 2 is 2.05 bits per heavy atom. The molecule has 3 rings (SSSR count). The third kappa shape index (κ3) is 2.19. The van der Waals surface area contributed by atoms with Gasteiger partial charge in [-0.1, -0.05) is 26.0 Å². The van der Waals surface area contributed by atoms with Gasteiger partial charge >= 0.3 is 0 Å². The van der Waals surface area contributed by atoms with Crippen molar-refractivity contribution in [3.63, 3.8) is 0 Å². The predicted molar refractivity (Wildman–Crippen MR) is 84.3 cm³/mol. The van der Waals surface area contributed by atoms with Gasteiger partial charge in [0, 0.05) is 25.0 Å². The van der Waals surface area contributed by atoms with E-state index in [2.05, 4.69) is 47.2 Å². The van der Waals surface area contributed by atoms with Crippen LogP contribution in [0.2, 0.25) is 0 Å². The van der Waals surface area contributed by atoms with Gasteiger partial charge in [-0.25, -0.2) is 4.98 Å². The average molecular weight is 270 g/mol. The van der Waals surface area contributed by atoms with Crippen molar-refractivity contribution in [1.82, 2.24) is 9.97 Å². The van der Waals surface area contributed by atoms with Crippen molar-refractivity contribution < 1.29 is 0 Å². The molecule has 106 valence electrons. The van der Waals surface area contributed by atoms with Gasteiger partial charge in [0.1, 0.15) is 5.82 Å². The maximum absolute atomic E-state index is 4.74. The monoisotopic (exact) mass is 270 g/mol. The topological polar surface area (TPSA) is 41.1 Å². The highest BCUT2D eigenvalue weighted by molar-refractivity contribution is 5.90. The molecule has 4 heteroatoms. The number of hydrogen-bond acceptors (Lipinski definition) is 4. The molecule has 1 saturated heterocycles. The molecule has 1 atom stereocenters. The van der Waals surface area contributed by atoms with Crippen molar-refractivity contribution in [3.8, 4) is 0 Å². The molecule has 2 aromatic rings. The molecular formula is C16H22N4. The molecule has 20 heavy (non-hydrogen) atoms. The second kappa shape index (κ2) is 5.27. The van der Waals surface area contributed by atoms with Crippen LogP contribution in [0.5, 0.6) is 0 Å². The van der Waals surface area contributed by atoms with E-state index < -0.39 is 0 Å². The van der Waals surface area contributed by atoms with Crippen LogP contribution >= 0.6 is 0 Å². The molecule has 2 heterocycles. The van der Waals surface area contributed by atoms with Gasteiger partial charge in [-0.3, -0.25) is 0 Å². The summed E-state index contributed by atoms with van der Waals surface area (Å²) in [4.78, 5) is 11.8. The summed E-state index contributed by atoms with van der Waals surface area (Å²) in [5, 5.41) is 4.23. The summed E-state index contributed by atoms with van der Waals surface area (Å²) in [6, 6.07) is 8.86. The van der Waals surface area contributed by atoms with Gasteiger partial charge in [-0.15, -0.1) is 0 Å². The summed E-state index contributed by atoms with van der Waals surface area (Å²) < 4.78 is 0. The van der Waals surface area contributed by atoms with Gasteiger partial charge in [0.15, 0.2) is 0 Å². The zero-order chi connectivity index (χ0) is 14.1. The molecule has 0 radical (unpaired) electrons. The van der Waals surface area contributed by atoms with E-state index in [-0.39, 0.29) is 0 Å². The summed E-state index contributed by atoms with van der Waals surface area (Å²) in [7, 11) is 1.87. The summed E-state index contributed by atoms with van der Waals surface area (Å²) in [5.74, 6) is 2.42. The summed E-state index contributed by atoms with van der Waals surface area (Å²) >= 11 is 0. The van der Waals surface area contributed by atoms with E-state index in [1.54, 1.807) is 0 Å². The SMILES string of the molecule is CNc1nc(N2CCCC2C(C)C)c2ccccc2n1. The Balaban J connectivity index is 2.14. The minimum Gasteiger partial charge on any atom is -0.357 e. The number of hydrogen-bond donors (Lipinski definition) is 1. The van der Waals surface area contributed by atoms with E-state index in [1.165, 1.54) is 12.8 Å². The normalized spacial score (nSPS) is 19.0. The van der Waals surface area contributed by atoms with Gasteiger partial charge < -0.3 is 10.2 Å². The van der Waals surface area contributed by atoms with E-state index in [0.717, 1.165) is 23.3 Å². The highest BCUT2D eigenvalue weighted by Crippen LogP contribution is 2.33. The molecule has 0 spiro atoms. The largest absolute Gasteiger partial charge is 0.357 e. The number of rotatable bonds is 3. The number of para-hydroxylation sites is 1. The molecule has 1 aromatic heterocycles. The smallest absolute Gasteiger partial charge is 0.224 e. The van der Waals surface area contributed by atoms with Crippen LogP contribution in [0.4, 0.5) is 11.8 Å². The number of benzene rings is 1. The van der Waals surface area contributed by atoms with Crippen LogP contribution in [-0.4, -0.2) is 29.6 Å². The molecular weight excluding hydrogens is 248 g/mol. The third-order valence-electron chi connectivity index (χ3n) is 4.15. The lowest BCUT2D eigenvalue weighted by Gasteiger charge is -2.29. The number of fused-ring (bicyclic) bond motifs is 1. The minimum absolute atomic E-state index is 0.581. The molecule has 1 aromatic carbocycles. The van der Waals surface area contributed by atoms with Crippen LogP contribution in [0.25, 0.3) is 10.9 Å². The zero-order valence-corrected chi connectivity index (χ0v) is 12.4. The van der Waals surface area contributed by atoms with Crippen molar-refractivity contribution in [3.05, 3.63) is 24.3 Å². The molecule has 1 aliphatic rings. The fraction of sp³-hybridized carbons (Fsp3) is 0.500. The maximum Gasteiger partial charge on any atom is 0.224 e. The highest BCUT2D eigenvalue weighted by atomic mass is 15.3. The van der Waals surface area contributed by atoms with E-state index in [9.17, 15) is 0 Å². The molecule has 1 aliphatic heterocycles. The van der Waals surface area contributed by atoms with Crippen LogP contribution in [0.3, 0.4) is 0 Å². The molecule has 0 aliphatic carbocycles. The first-order valence-electron chi connectivity index (χ1n) is 7.42. The number of anilines is 2. The first kappa shape index (κ1) is 13.2. The predicted octanol–water partition coefficient (Wildman–Crippen LogP) is 3.30. The van der Waals surface area contributed by atoms with Gasteiger partial charge in [-0.2, -0.15) is 4.98 Å². The Hall–Kier alpha value is -1.84. The standard InChI is InChI=1S/C16H22N4/c1-11(2)14-9-6-10-20(14)15-12-7-4-5-8-13(12)18-16(17-3)19-15/h4-5,7-8,11,14H,6,9-10H2,1-3H3,(H,17,18,19). The van der Waals surface area contributed by atoms with Gasteiger partial charge in [0.25, 0.3) is 0 Å². The first-order chi connectivity index (χ1) is 9.70. The second-order valence-corrected chi connectivity index (χ2v) is 5.78. The van der Waals surface area contributed by atoms with Crippen molar-refractivity contribution in [2.45, 2.75) is 32.7 Å². The minimum atomic E-state index is 0.581. The zero-order valence-electron chi connectivity index (χ0n) is 12.4. The molecule has 1 N–H and O–H groups in total. The first-order valence-corrected chi connectivity index (χ1v) is 7.42. The lowest BCUT2D eigenvalue weighted by atomic mass is 10.0. The molecule has 0 saturated carbocycles. The molecule has 4 nitrogen and oxygen atoms in total. The van der Waals surface area contributed by atoms with Crippen LogP contribution in [-0.2, 0) is 0 Å². The lowest BCUT2D eigenvalue weighted by molar-refractivity contribution is 0.490. The van der Waals surface area contributed by atoms with Crippen LogP contribution < -0.4 is 10.2 Å². The van der Waals surface area contributed by atoms with Crippen molar-refractivity contribution in [1.29, 1.82) is 0 Å². The van der Waals surface area contributed by atoms with Crippen LogP contribution in [0, 0.1) is 5.92 Å². The van der Waals surface area contributed by atoms with Crippen molar-refractivity contribution >= 4 is 22.7 Å². The number of nitrogens with one attached hydrogen (secondary N) is 1. The number of aromatic nitrogens is 2. The Labute approximate surface area is 120 Å². The van der Waals surface area contributed by atoms with E-state index in [1.807, 2.05) is 13.1 Å². The number of nitrogens with zero attached hydrogens (tertiary/aromatic N) is 3. The van der Waals surface area contributed by atoms with Crippen molar-refractivity contribution in [2.24, 2.45) is 5.92 Å². The highest BCUT2D eigenvalue weighted by Gasteiger charge is 2.29. The molecule has 1 unspecified atom stereocenters. The van der Waals surface area contributed by atoms with E-state index >= 15 is 0 Å². The Morgan fingerprint density at radius 3 is 2.80 bits per heavy atom. The third-order valence-corrected chi connectivity index (χ3v) is 4.15. The molecule has 0 bridgehead atoms. The van der Waals surface area contributed by atoms with Gasteiger partial charge in [-0.05, 0) is 30.9 Å². The van der Waals surface area contributed by atoms with Crippen LogP contribution in [0.15, 0.2) is 24.3 Å². The maximum atomic E-state index is 4.74. The molecule has 1 fully saturated rings. The summed E-state index contributed by atoms with van der Waals surface area (Å²) in [6.45, 7) is 5.68. The Bertz CT molecular complexity index is 608. The average Bonchev–Trinajstić information content (AvgIpc) is 2.95. The fourth-order valence-corrected chi connectivity index (χ4v) is 3.14. The van der Waals surface area contributed by atoms with Gasteiger partial charge in [0.2, 0.25) is 5.95 Å². The Kier molecular flexibility index (Phi) is 3.47. The summed E-state index contributed by atoms with van der Waals surface area (Å²) in [6.07, 6.45) is 2.50. The van der Waals surface area contributed by atoms with Crippen LogP contribution in [0.1, 0.15) is 26.7 Å². The van der Waals surface area contributed by atoms with Gasteiger partial charge in [0.05, 0.1) is 5.52 Å². The second-order valence-electron chi connectivity index (χ2n) is 5.78. The summed E-state index contributed by atoms with van der Waals surface area (Å²) in [5.41, 5.74) is 1.01. The Morgan fingerprint density at radius 1 is 1.25 bits per heavy atom. The molecule has 0 amide bonds. The lowest BCUT2D eigenvalue weighted by Crippen LogP contribution is -2.34. The van der Waals surface area contributed by atoms with Crippen molar-refractivity contribution in [2.75, 3.05) is 23.8 Å².